The van der Waals surface area contributed by atoms with E-state index in [2.05, 4.69) is 10.6 Å². The van der Waals surface area contributed by atoms with Crippen molar-refractivity contribution in [2.24, 2.45) is 0 Å². The lowest BCUT2D eigenvalue weighted by atomic mass is 10.5. The first-order chi connectivity index (χ1) is 7.81. The highest BCUT2D eigenvalue weighted by Crippen LogP contribution is 1.76. The molecular formula is C10H22N2O4. The van der Waals surface area contributed by atoms with Crippen molar-refractivity contribution in [1.82, 2.24) is 10.6 Å². The Morgan fingerprint density at radius 1 is 1.00 bits per heavy atom. The fourth-order valence-electron chi connectivity index (χ4n) is 0.948. The molecule has 0 heterocycles. The summed E-state index contributed by atoms with van der Waals surface area (Å²) in [7, 11) is 3.25. The summed E-state index contributed by atoms with van der Waals surface area (Å²) >= 11 is 0. The first kappa shape index (κ1) is 15.3. The maximum atomic E-state index is 11.2. The molecule has 0 saturated carbocycles. The minimum absolute atomic E-state index is 0.0848. The predicted octanol–water partition coefficient (Wildman–Crippen LogP) is -0.998. The van der Waals surface area contributed by atoms with Crippen LogP contribution in [-0.2, 0) is 19.0 Å². The monoisotopic (exact) mass is 234 g/mol. The molecule has 0 saturated heterocycles. The molecule has 0 aromatic heterocycles. The van der Waals surface area contributed by atoms with Gasteiger partial charge in [0, 0.05) is 33.9 Å². The van der Waals surface area contributed by atoms with Crippen molar-refractivity contribution >= 4 is 5.91 Å². The molecule has 6 heteroatoms. The van der Waals surface area contributed by atoms with Gasteiger partial charge < -0.3 is 24.8 Å². The lowest BCUT2D eigenvalue weighted by Crippen LogP contribution is -2.35. The van der Waals surface area contributed by atoms with Gasteiger partial charge in [-0.05, 0) is 0 Å². The lowest BCUT2D eigenvalue weighted by Gasteiger charge is -2.07. The van der Waals surface area contributed by atoms with E-state index in [1.807, 2.05) is 0 Å². The van der Waals surface area contributed by atoms with Crippen LogP contribution in [0.5, 0.6) is 0 Å². The molecule has 0 aliphatic heterocycles. The van der Waals surface area contributed by atoms with Crippen LogP contribution in [0.15, 0.2) is 0 Å². The molecule has 0 unspecified atom stereocenters. The normalized spacial score (nSPS) is 10.4. The molecule has 0 atom stereocenters. The van der Waals surface area contributed by atoms with Crippen LogP contribution in [0.2, 0.25) is 0 Å². The highest BCUT2D eigenvalue weighted by atomic mass is 16.5. The van der Waals surface area contributed by atoms with Crippen molar-refractivity contribution in [2.75, 3.05) is 60.3 Å². The van der Waals surface area contributed by atoms with Gasteiger partial charge in [-0.1, -0.05) is 0 Å². The van der Waals surface area contributed by atoms with E-state index in [0.29, 0.717) is 26.4 Å². The van der Waals surface area contributed by atoms with Gasteiger partial charge in [-0.2, -0.15) is 0 Å². The minimum Gasteiger partial charge on any atom is -0.383 e. The summed E-state index contributed by atoms with van der Waals surface area (Å²) in [5.41, 5.74) is 0. The van der Waals surface area contributed by atoms with E-state index >= 15 is 0 Å². The predicted molar refractivity (Wildman–Crippen MR) is 60.5 cm³/mol. The summed E-state index contributed by atoms with van der Waals surface area (Å²) in [4.78, 5) is 11.2. The Kier molecular flexibility index (Phi) is 11.8. The third kappa shape index (κ3) is 11.4. The Morgan fingerprint density at radius 3 is 2.44 bits per heavy atom. The molecule has 16 heavy (non-hydrogen) atoms. The van der Waals surface area contributed by atoms with Crippen LogP contribution in [-0.4, -0.2) is 66.2 Å². The number of hydrogen-bond donors (Lipinski definition) is 2. The molecule has 0 aromatic rings. The van der Waals surface area contributed by atoms with E-state index in [1.54, 1.807) is 14.2 Å². The highest BCUT2D eigenvalue weighted by Gasteiger charge is 1.99. The van der Waals surface area contributed by atoms with Crippen LogP contribution in [0.1, 0.15) is 0 Å². The van der Waals surface area contributed by atoms with Crippen LogP contribution in [0.4, 0.5) is 0 Å². The van der Waals surface area contributed by atoms with Gasteiger partial charge in [0.2, 0.25) is 5.91 Å². The maximum absolute atomic E-state index is 11.2. The van der Waals surface area contributed by atoms with E-state index in [4.69, 9.17) is 14.2 Å². The lowest BCUT2D eigenvalue weighted by molar-refractivity contribution is -0.126. The summed E-state index contributed by atoms with van der Waals surface area (Å²) in [6.45, 7) is 3.82. The largest absolute Gasteiger partial charge is 0.383 e. The Balaban J connectivity index is 3.11. The molecule has 1 amide bonds. The van der Waals surface area contributed by atoms with Gasteiger partial charge in [0.1, 0.15) is 6.61 Å². The van der Waals surface area contributed by atoms with Gasteiger partial charge in [0.15, 0.2) is 0 Å². The zero-order chi connectivity index (χ0) is 12.1. The number of nitrogens with one attached hydrogen (secondary N) is 2. The molecule has 0 fully saturated rings. The summed E-state index contributed by atoms with van der Waals surface area (Å²) in [5.74, 6) is -0.107. The molecule has 0 aliphatic rings. The van der Waals surface area contributed by atoms with Crippen LogP contribution in [0.25, 0.3) is 0 Å². The first-order valence-electron chi connectivity index (χ1n) is 5.34. The van der Waals surface area contributed by atoms with Crippen LogP contribution in [0, 0.1) is 0 Å². The van der Waals surface area contributed by atoms with Crippen molar-refractivity contribution in [2.45, 2.75) is 0 Å². The average molecular weight is 234 g/mol. The Bertz CT molecular complexity index is 167. The number of amides is 1. The number of methoxy groups -OCH3 is 2. The summed E-state index contributed by atoms with van der Waals surface area (Å²) in [6, 6.07) is 0. The second-order valence-corrected chi connectivity index (χ2v) is 3.14. The molecular weight excluding hydrogens is 212 g/mol. The van der Waals surface area contributed by atoms with E-state index in [0.717, 1.165) is 13.1 Å². The molecule has 2 N–H and O–H groups in total. The minimum atomic E-state index is -0.107. The first-order valence-corrected chi connectivity index (χ1v) is 5.34. The Morgan fingerprint density at radius 2 is 1.75 bits per heavy atom. The van der Waals surface area contributed by atoms with Gasteiger partial charge in [-0.3, -0.25) is 4.79 Å². The van der Waals surface area contributed by atoms with E-state index < -0.39 is 0 Å². The molecule has 0 aromatic carbocycles. The van der Waals surface area contributed by atoms with Gasteiger partial charge in [-0.15, -0.1) is 0 Å². The third-order valence-corrected chi connectivity index (χ3v) is 1.77. The molecule has 0 bridgehead atoms. The van der Waals surface area contributed by atoms with Crippen molar-refractivity contribution in [3.05, 3.63) is 0 Å². The van der Waals surface area contributed by atoms with Crippen molar-refractivity contribution in [3.8, 4) is 0 Å². The zero-order valence-corrected chi connectivity index (χ0v) is 10.1. The molecule has 0 aliphatic carbocycles. The molecule has 96 valence electrons. The van der Waals surface area contributed by atoms with Crippen molar-refractivity contribution in [3.63, 3.8) is 0 Å². The Labute approximate surface area is 96.6 Å². The smallest absolute Gasteiger partial charge is 0.246 e. The summed E-state index contributed by atoms with van der Waals surface area (Å²) in [5, 5.41) is 5.85. The SMILES string of the molecule is COCCNCCNC(=O)COCCOC. The maximum Gasteiger partial charge on any atom is 0.246 e. The number of ether oxygens (including phenoxy) is 3. The second-order valence-electron chi connectivity index (χ2n) is 3.14. The van der Waals surface area contributed by atoms with Crippen LogP contribution >= 0.6 is 0 Å². The number of rotatable bonds is 11. The highest BCUT2D eigenvalue weighted by molar-refractivity contribution is 5.77. The number of hydrogen-bond acceptors (Lipinski definition) is 5. The molecule has 6 nitrogen and oxygen atoms in total. The zero-order valence-electron chi connectivity index (χ0n) is 10.1. The van der Waals surface area contributed by atoms with Gasteiger partial charge in [0.05, 0.1) is 19.8 Å². The topological polar surface area (TPSA) is 68.8 Å². The molecule has 0 spiro atoms. The van der Waals surface area contributed by atoms with Crippen LogP contribution < -0.4 is 10.6 Å². The average Bonchev–Trinajstić information content (AvgIpc) is 2.29. The fraction of sp³-hybridized carbons (Fsp3) is 0.900. The molecule has 0 radical (unpaired) electrons. The van der Waals surface area contributed by atoms with E-state index in [9.17, 15) is 4.79 Å². The van der Waals surface area contributed by atoms with Crippen molar-refractivity contribution < 1.29 is 19.0 Å². The van der Waals surface area contributed by atoms with Gasteiger partial charge in [-0.25, -0.2) is 0 Å². The standard InChI is InChI=1S/C10H22N2O4/c1-14-6-5-11-3-4-12-10(13)9-16-8-7-15-2/h11H,3-9H2,1-2H3,(H,12,13). The van der Waals surface area contributed by atoms with Gasteiger partial charge in [0.25, 0.3) is 0 Å². The molecule has 0 rings (SSSR count). The number of carbonyl (C=O) groups excluding carboxylic acids is 1. The summed E-state index contributed by atoms with van der Waals surface area (Å²) in [6.07, 6.45) is 0. The van der Waals surface area contributed by atoms with Crippen molar-refractivity contribution in [1.29, 1.82) is 0 Å². The Hall–Kier alpha value is -0.690. The van der Waals surface area contributed by atoms with E-state index in [1.165, 1.54) is 0 Å². The van der Waals surface area contributed by atoms with E-state index in [-0.39, 0.29) is 12.5 Å². The third-order valence-electron chi connectivity index (χ3n) is 1.77. The summed E-state index contributed by atoms with van der Waals surface area (Å²) < 4.78 is 14.7. The van der Waals surface area contributed by atoms with Gasteiger partial charge >= 0.3 is 0 Å². The second kappa shape index (κ2) is 12.4. The van der Waals surface area contributed by atoms with Crippen LogP contribution in [0.3, 0.4) is 0 Å². The quantitative estimate of drug-likeness (QED) is 0.449. The fourth-order valence-corrected chi connectivity index (χ4v) is 0.948. The number of carbonyl (C=O) groups is 1.